The lowest BCUT2D eigenvalue weighted by molar-refractivity contribution is -0.139. The highest BCUT2D eigenvalue weighted by molar-refractivity contribution is 6.04. The zero-order valence-corrected chi connectivity index (χ0v) is 16.9. The summed E-state index contributed by atoms with van der Waals surface area (Å²) in [7, 11) is 1.72. The number of piperazine rings is 1. The maximum atomic E-state index is 12.2. The summed E-state index contributed by atoms with van der Waals surface area (Å²) in [6, 6.07) is 6.28. The summed E-state index contributed by atoms with van der Waals surface area (Å²) in [6.45, 7) is 11.1. The van der Waals surface area contributed by atoms with Crippen LogP contribution in [0.2, 0.25) is 0 Å². The molecule has 1 aromatic carbocycles. The van der Waals surface area contributed by atoms with Gasteiger partial charge in [0.1, 0.15) is 5.75 Å². The van der Waals surface area contributed by atoms with E-state index in [1.807, 2.05) is 19.9 Å². The predicted octanol–water partition coefficient (Wildman–Crippen LogP) is 2.16. The Bertz CT molecular complexity index is 678. The van der Waals surface area contributed by atoms with Crippen LogP contribution in [0.1, 0.15) is 25.8 Å². The van der Waals surface area contributed by atoms with Gasteiger partial charge in [-0.3, -0.25) is 19.4 Å². The van der Waals surface area contributed by atoms with Crippen molar-refractivity contribution in [2.75, 3.05) is 51.3 Å². The third-order valence-electron chi connectivity index (χ3n) is 5.96. The quantitative estimate of drug-likeness (QED) is 0.715. The van der Waals surface area contributed by atoms with Gasteiger partial charge in [-0.05, 0) is 37.6 Å². The predicted molar refractivity (Wildman–Crippen MR) is 106 cm³/mol. The number of aryl methyl sites for hydroxylation is 1. The second-order valence-electron chi connectivity index (χ2n) is 7.76. The molecule has 148 valence electrons. The Morgan fingerprint density at radius 2 is 1.63 bits per heavy atom. The Labute approximate surface area is 162 Å². The van der Waals surface area contributed by atoms with E-state index in [0.717, 1.165) is 50.6 Å². The molecule has 3 rings (SSSR count). The van der Waals surface area contributed by atoms with Crippen LogP contribution in [0.5, 0.6) is 5.75 Å². The first-order chi connectivity index (χ1) is 12.9. The van der Waals surface area contributed by atoms with Crippen molar-refractivity contribution in [2.45, 2.75) is 27.2 Å². The molecule has 2 heterocycles. The SMILES string of the molecule is COc1ccc(C)cc1N1CCN(CCCN2C(=O)C(C)C(C)C2=O)CC1. The van der Waals surface area contributed by atoms with E-state index in [0.29, 0.717) is 6.54 Å². The van der Waals surface area contributed by atoms with Crippen LogP contribution in [0.4, 0.5) is 5.69 Å². The number of benzene rings is 1. The molecule has 0 bridgehead atoms. The number of hydrogen-bond donors (Lipinski definition) is 0. The summed E-state index contributed by atoms with van der Waals surface area (Å²) in [6.07, 6.45) is 0.838. The van der Waals surface area contributed by atoms with E-state index in [1.54, 1.807) is 7.11 Å². The maximum Gasteiger partial charge on any atom is 0.232 e. The molecule has 6 nitrogen and oxygen atoms in total. The molecular weight excluding hydrogens is 342 g/mol. The highest BCUT2D eigenvalue weighted by Gasteiger charge is 2.41. The standard InChI is InChI=1S/C21H31N3O3/c1-15-6-7-19(27-4)18(14-15)23-12-10-22(11-13-23)8-5-9-24-20(25)16(2)17(3)21(24)26/h6-7,14,16-17H,5,8-13H2,1-4H3. The van der Waals surface area contributed by atoms with Gasteiger partial charge >= 0.3 is 0 Å². The van der Waals surface area contributed by atoms with Gasteiger partial charge in [0.15, 0.2) is 0 Å². The molecule has 0 spiro atoms. The van der Waals surface area contributed by atoms with Gasteiger partial charge in [0, 0.05) is 44.6 Å². The summed E-state index contributed by atoms with van der Waals surface area (Å²) in [5, 5.41) is 0. The second-order valence-corrected chi connectivity index (χ2v) is 7.76. The minimum Gasteiger partial charge on any atom is -0.495 e. The third kappa shape index (κ3) is 4.10. The van der Waals surface area contributed by atoms with E-state index in [4.69, 9.17) is 4.74 Å². The minimum absolute atomic E-state index is 0.0103. The van der Waals surface area contributed by atoms with Crippen LogP contribution in [-0.2, 0) is 9.59 Å². The van der Waals surface area contributed by atoms with Gasteiger partial charge < -0.3 is 9.64 Å². The molecule has 6 heteroatoms. The van der Waals surface area contributed by atoms with Gasteiger partial charge in [0.05, 0.1) is 12.8 Å². The molecule has 27 heavy (non-hydrogen) atoms. The van der Waals surface area contributed by atoms with Crippen molar-refractivity contribution in [3.8, 4) is 5.75 Å². The van der Waals surface area contributed by atoms with Gasteiger partial charge in [-0.15, -0.1) is 0 Å². The Hall–Kier alpha value is -2.08. The number of rotatable bonds is 6. The van der Waals surface area contributed by atoms with Crippen molar-refractivity contribution < 1.29 is 14.3 Å². The van der Waals surface area contributed by atoms with Crippen LogP contribution >= 0.6 is 0 Å². The average Bonchev–Trinajstić information content (AvgIpc) is 2.86. The number of carbonyl (C=O) groups is 2. The molecule has 2 fully saturated rings. The fourth-order valence-electron chi connectivity index (χ4n) is 3.96. The molecule has 0 N–H and O–H groups in total. The van der Waals surface area contributed by atoms with Gasteiger partial charge in [0.2, 0.25) is 11.8 Å². The van der Waals surface area contributed by atoms with Crippen molar-refractivity contribution in [3.05, 3.63) is 23.8 Å². The van der Waals surface area contributed by atoms with Crippen molar-refractivity contribution >= 4 is 17.5 Å². The number of ether oxygens (including phenoxy) is 1. The van der Waals surface area contributed by atoms with E-state index in [9.17, 15) is 9.59 Å². The van der Waals surface area contributed by atoms with E-state index in [2.05, 4.69) is 28.9 Å². The van der Waals surface area contributed by atoms with E-state index < -0.39 is 0 Å². The monoisotopic (exact) mass is 373 g/mol. The van der Waals surface area contributed by atoms with Gasteiger partial charge in [-0.2, -0.15) is 0 Å². The molecule has 2 aliphatic heterocycles. The smallest absolute Gasteiger partial charge is 0.232 e. The average molecular weight is 373 g/mol. The first-order valence-electron chi connectivity index (χ1n) is 9.89. The Kier molecular flexibility index (Phi) is 6.05. The van der Waals surface area contributed by atoms with E-state index in [1.165, 1.54) is 10.5 Å². The Morgan fingerprint density at radius 3 is 2.22 bits per heavy atom. The number of likely N-dealkylation sites (tertiary alicyclic amines) is 1. The first kappa shape index (κ1) is 19.7. The molecule has 0 radical (unpaired) electrons. The minimum atomic E-state index is -0.176. The molecule has 0 aromatic heterocycles. The largest absolute Gasteiger partial charge is 0.495 e. The zero-order valence-electron chi connectivity index (χ0n) is 16.9. The maximum absolute atomic E-state index is 12.2. The van der Waals surface area contributed by atoms with Gasteiger partial charge in [-0.25, -0.2) is 0 Å². The lowest BCUT2D eigenvalue weighted by atomic mass is 10.00. The summed E-state index contributed by atoms with van der Waals surface area (Å²) >= 11 is 0. The highest BCUT2D eigenvalue weighted by Crippen LogP contribution is 2.30. The van der Waals surface area contributed by atoms with Crippen molar-refractivity contribution in [2.24, 2.45) is 11.8 Å². The number of hydrogen-bond acceptors (Lipinski definition) is 5. The molecule has 2 amide bonds. The van der Waals surface area contributed by atoms with Crippen molar-refractivity contribution in [3.63, 3.8) is 0 Å². The number of nitrogens with zero attached hydrogens (tertiary/aromatic N) is 3. The lowest BCUT2D eigenvalue weighted by Gasteiger charge is -2.37. The number of methoxy groups -OCH3 is 1. The zero-order chi connectivity index (χ0) is 19.6. The Morgan fingerprint density at radius 1 is 1.00 bits per heavy atom. The van der Waals surface area contributed by atoms with E-state index >= 15 is 0 Å². The number of anilines is 1. The molecular formula is C21H31N3O3. The summed E-state index contributed by atoms with van der Waals surface area (Å²) < 4.78 is 5.52. The summed E-state index contributed by atoms with van der Waals surface area (Å²) in [5.74, 6) is 0.548. The number of carbonyl (C=O) groups excluding carboxylic acids is 2. The lowest BCUT2D eigenvalue weighted by Crippen LogP contribution is -2.47. The molecule has 1 aromatic rings. The van der Waals surface area contributed by atoms with Crippen molar-refractivity contribution in [1.29, 1.82) is 0 Å². The third-order valence-corrected chi connectivity index (χ3v) is 5.96. The van der Waals surface area contributed by atoms with Gasteiger partial charge in [0.25, 0.3) is 0 Å². The first-order valence-corrected chi connectivity index (χ1v) is 9.89. The molecule has 2 atom stereocenters. The summed E-state index contributed by atoms with van der Waals surface area (Å²) in [4.78, 5) is 30.6. The molecule has 2 saturated heterocycles. The van der Waals surface area contributed by atoms with Crippen molar-refractivity contribution in [1.82, 2.24) is 9.80 Å². The van der Waals surface area contributed by atoms with Crippen LogP contribution in [0, 0.1) is 18.8 Å². The van der Waals surface area contributed by atoms with Crippen LogP contribution < -0.4 is 9.64 Å². The normalized spacial score (nSPS) is 24.0. The van der Waals surface area contributed by atoms with Gasteiger partial charge in [-0.1, -0.05) is 19.9 Å². The van der Waals surface area contributed by atoms with Crippen LogP contribution in [0.15, 0.2) is 18.2 Å². The highest BCUT2D eigenvalue weighted by atomic mass is 16.5. The molecule has 0 saturated carbocycles. The van der Waals surface area contributed by atoms with Crippen LogP contribution in [0.25, 0.3) is 0 Å². The fourth-order valence-corrected chi connectivity index (χ4v) is 3.96. The second kappa shape index (κ2) is 8.30. The molecule has 0 aliphatic carbocycles. The topological polar surface area (TPSA) is 53.1 Å². The van der Waals surface area contributed by atoms with E-state index in [-0.39, 0.29) is 23.7 Å². The summed E-state index contributed by atoms with van der Waals surface area (Å²) in [5.41, 5.74) is 2.39. The van der Waals surface area contributed by atoms with Crippen LogP contribution in [0.3, 0.4) is 0 Å². The Balaban J connectivity index is 1.47. The van der Waals surface area contributed by atoms with Crippen LogP contribution in [-0.4, -0.2) is 68.0 Å². The molecule has 2 unspecified atom stereocenters. The fraction of sp³-hybridized carbons (Fsp3) is 0.619. The molecule has 2 aliphatic rings. The number of imide groups is 1. The number of amides is 2.